The summed E-state index contributed by atoms with van der Waals surface area (Å²) in [6.07, 6.45) is 2.73. The van der Waals surface area contributed by atoms with E-state index in [9.17, 15) is 9.59 Å². The molecule has 2 aromatic heterocycles. The molecule has 0 radical (unpaired) electrons. The first-order chi connectivity index (χ1) is 12.1. The lowest BCUT2D eigenvalue weighted by Gasteiger charge is -2.27. The molecule has 0 fully saturated rings. The van der Waals surface area contributed by atoms with Crippen molar-refractivity contribution in [2.24, 2.45) is 0 Å². The van der Waals surface area contributed by atoms with Crippen molar-refractivity contribution >= 4 is 16.9 Å². The second-order valence-corrected chi connectivity index (χ2v) is 6.32. The summed E-state index contributed by atoms with van der Waals surface area (Å²) in [5, 5.41) is 0. The number of nitrogens with one attached hydrogen (secondary N) is 1. The molecule has 0 unspecified atom stereocenters. The van der Waals surface area contributed by atoms with E-state index in [1.165, 1.54) is 0 Å². The van der Waals surface area contributed by atoms with Crippen LogP contribution in [0.2, 0.25) is 0 Å². The van der Waals surface area contributed by atoms with E-state index in [1.54, 1.807) is 18.2 Å². The second-order valence-electron chi connectivity index (χ2n) is 6.32. The molecule has 0 spiro atoms. The minimum absolute atomic E-state index is 0.0724. The van der Waals surface area contributed by atoms with Gasteiger partial charge in [0.2, 0.25) is 5.91 Å². The van der Waals surface area contributed by atoms with Crippen LogP contribution in [0.1, 0.15) is 23.5 Å². The zero-order valence-electron chi connectivity index (χ0n) is 14.0. The van der Waals surface area contributed by atoms with E-state index < -0.39 is 0 Å². The Bertz CT molecular complexity index is 1000. The number of aromatic nitrogens is 4. The number of benzene rings is 1. The molecule has 25 heavy (non-hydrogen) atoms. The number of carbonyl (C=O) groups is 1. The summed E-state index contributed by atoms with van der Waals surface area (Å²) in [7, 11) is 0. The van der Waals surface area contributed by atoms with Gasteiger partial charge in [0.25, 0.3) is 5.56 Å². The highest BCUT2D eigenvalue weighted by Crippen LogP contribution is 2.16. The van der Waals surface area contributed by atoms with Gasteiger partial charge in [-0.25, -0.2) is 9.97 Å². The number of hydrogen-bond donors (Lipinski definition) is 1. The standard InChI is InChI=1S/C18H19N5O2/c1-12-20-15-10-22(8-6-13(15)18(25)21-12)17(24)7-9-23-11-19-14-4-2-3-5-16(14)23/h2-5,11H,6-10H2,1H3,(H,20,21,25). The monoisotopic (exact) mass is 337 g/mol. The molecule has 128 valence electrons. The molecule has 1 aliphatic heterocycles. The first-order valence-corrected chi connectivity index (χ1v) is 8.38. The molecule has 3 aromatic rings. The minimum atomic E-state index is -0.0838. The Balaban J connectivity index is 1.46. The molecule has 1 amide bonds. The molecular formula is C18H19N5O2. The fourth-order valence-electron chi connectivity index (χ4n) is 3.34. The fraction of sp³-hybridized carbons (Fsp3) is 0.333. The van der Waals surface area contributed by atoms with Crippen molar-refractivity contribution in [3.63, 3.8) is 0 Å². The molecule has 0 atom stereocenters. The van der Waals surface area contributed by atoms with Crippen molar-refractivity contribution in [2.45, 2.75) is 32.9 Å². The van der Waals surface area contributed by atoms with Crippen LogP contribution >= 0.6 is 0 Å². The number of para-hydroxylation sites is 2. The van der Waals surface area contributed by atoms with Gasteiger partial charge in [0.15, 0.2) is 0 Å². The third-order valence-corrected chi connectivity index (χ3v) is 4.64. The van der Waals surface area contributed by atoms with Crippen LogP contribution in [0.5, 0.6) is 0 Å². The maximum absolute atomic E-state index is 12.6. The predicted molar refractivity (Wildman–Crippen MR) is 93.1 cm³/mol. The Morgan fingerprint density at radius 1 is 1.32 bits per heavy atom. The van der Waals surface area contributed by atoms with Crippen molar-refractivity contribution in [1.29, 1.82) is 0 Å². The summed E-state index contributed by atoms with van der Waals surface area (Å²) in [6, 6.07) is 7.88. The number of imidazole rings is 1. The smallest absolute Gasteiger partial charge is 0.254 e. The van der Waals surface area contributed by atoms with Crippen molar-refractivity contribution in [3.05, 3.63) is 58.0 Å². The molecule has 0 bridgehead atoms. The van der Waals surface area contributed by atoms with E-state index in [2.05, 4.69) is 15.0 Å². The van der Waals surface area contributed by atoms with Gasteiger partial charge < -0.3 is 14.5 Å². The van der Waals surface area contributed by atoms with E-state index in [0.717, 1.165) is 11.0 Å². The first kappa shape index (κ1) is 15.6. The molecule has 1 N–H and O–H groups in total. The normalized spacial score (nSPS) is 13.9. The average molecular weight is 337 g/mol. The Morgan fingerprint density at radius 2 is 2.16 bits per heavy atom. The average Bonchev–Trinajstić information content (AvgIpc) is 3.02. The van der Waals surface area contributed by atoms with Gasteiger partial charge in [0.1, 0.15) is 5.82 Å². The minimum Gasteiger partial charge on any atom is -0.336 e. The molecule has 7 heteroatoms. The van der Waals surface area contributed by atoms with Gasteiger partial charge in [-0.1, -0.05) is 12.1 Å². The summed E-state index contributed by atoms with van der Waals surface area (Å²) in [6.45, 7) is 3.31. The van der Waals surface area contributed by atoms with Crippen molar-refractivity contribution in [3.8, 4) is 0 Å². The lowest BCUT2D eigenvalue weighted by molar-refractivity contribution is -0.132. The Morgan fingerprint density at radius 3 is 3.04 bits per heavy atom. The Labute approximate surface area is 144 Å². The SMILES string of the molecule is Cc1nc2c(c(=O)[nH]1)CCN(C(=O)CCn1cnc3ccccc31)C2. The van der Waals surface area contributed by atoms with Crippen LogP contribution in [-0.4, -0.2) is 36.9 Å². The molecule has 0 aliphatic carbocycles. The lowest BCUT2D eigenvalue weighted by atomic mass is 10.1. The van der Waals surface area contributed by atoms with Crippen molar-refractivity contribution in [1.82, 2.24) is 24.4 Å². The van der Waals surface area contributed by atoms with Crippen LogP contribution in [0.15, 0.2) is 35.4 Å². The maximum atomic E-state index is 12.6. The number of nitrogens with zero attached hydrogens (tertiary/aromatic N) is 4. The van der Waals surface area contributed by atoms with Gasteiger partial charge in [-0.05, 0) is 25.5 Å². The van der Waals surface area contributed by atoms with Crippen LogP contribution in [0.4, 0.5) is 0 Å². The number of H-pyrrole nitrogens is 1. The van der Waals surface area contributed by atoms with Gasteiger partial charge in [0, 0.05) is 25.1 Å². The first-order valence-electron chi connectivity index (χ1n) is 8.38. The highest BCUT2D eigenvalue weighted by atomic mass is 16.2. The Hall–Kier alpha value is -2.96. The van der Waals surface area contributed by atoms with Crippen molar-refractivity contribution in [2.75, 3.05) is 6.54 Å². The van der Waals surface area contributed by atoms with Crippen LogP contribution in [0, 0.1) is 6.92 Å². The van der Waals surface area contributed by atoms with Crippen LogP contribution in [0.3, 0.4) is 0 Å². The molecule has 4 rings (SSSR count). The third-order valence-electron chi connectivity index (χ3n) is 4.64. The fourth-order valence-corrected chi connectivity index (χ4v) is 3.34. The molecule has 3 heterocycles. The third kappa shape index (κ3) is 2.93. The van der Waals surface area contributed by atoms with Gasteiger partial charge in [-0.3, -0.25) is 9.59 Å². The number of aromatic amines is 1. The zero-order valence-corrected chi connectivity index (χ0v) is 14.0. The van der Waals surface area contributed by atoms with Gasteiger partial charge in [0.05, 0.1) is 29.6 Å². The Kier molecular flexibility index (Phi) is 3.83. The molecule has 1 aromatic carbocycles. The summed E-state index contributed by atoms with van der Waals surface area (Å²) in [4.78, 5) is 37.8. The molecule has 0 saturated heterocycles. The summed E-state index contributed by atoms with van der Waals surface area (Å²) in [5.74, 6) is 0.658. The summed E-state index contributed by atoms with van der Waals surface area (Å²) in [5.41, 5.74) is 3.30. The topological polar surface area (TPSA) is 83.9 Å². The van der Waals surface area contributed by atoms with E-state index >= 15 is 0 Å². The number of fused-ring (bicyclic) bond motifs is 2. The van der Waals surface area contributed by atoms with Crippen LogP contribution < -0.4 is 5.56 Å². The lowest BCUT2D eigenvalue weighted by Crippen LogP contribution is -2.39. The maximum Gasteiger partial charge on any atom is 0.254 e. The molecule has 0 saturated carbocycles. The largest absolute Gasteiger partial charge is 0.336 e. The number of rotatable bonds is 3. The quantitative estimate of drug-likeness (QED) is 0.783. The number of amides is 1. The number of aryl methyl sites for hydroxylation is 2. The van der Waals surface area contributed by atoms with Crippen LogP contribution in [0.25, 0.3) is 11.0 Å². The highest BCUT2D eigenvalue weighted by molar-refractivity contribution is 5.77. The molecule has 1 aliphatic rings. The van der Waals surface area contributed by atoms with E-state index in [4.69, 9.17) is 0 Å². The number of hydrogen-bond acceptors (Lipinski definition) is 4. The second kappa shape index (κ2) is 6.16. The van der Waals surface area contributed by atoms with Gasteiger partial charge in [-0.15, -0.1) is 0 Å². The molecular weight excluding hydrogens is 318 g/mol. The molecule has 7 nitrogen and oxygen atoms in total. The van der Waals surface area contributed by atoms with E-state index in [-0.39, 0.29) is 11.5 Å². The summed E-state index contributed by atoms with van der Waals surface area (Å²) >= 11 is 0. The van der Waals surface area contributed by atoms with Crippen molar-refractivity contribution < 1.29 is 4.79 Å². The predicted octanol–water partition coefficient (Wildman–Crippen LogP) is 1.40. The zero-order chi connectivity index (χ0) is 17.4. The highest BCUT2D eigenvalue weighted by Gasteiger charge is 2.23. The van der Waals surface area contributed by atoms with Gasteiger partial charge in [-0.2, -0.15) is 0 Å². The van der Waals surface area contributed by atoms with Gasteiger partial charge >= 0.3 is 0 Å². The van der Waals surface area contributed by atoms with E-state index in [1.807, 2.05) is 28.8 Å². The summed E-state index contributed by atoms with van der Waals surface area (Å²) < 4.78 is 2.00. The van der Waals surface area contributed by atoms with E-state index in [0.29, 0.717) is 49.6 Å². The van der Waals surface area contributed by atoms with Crippen LogP contribution in [-0.2, 0) is 24.3 Å². The number of carbonyl (C=O) groups excluding carboxylic acids is 1.